The van der Waals surface area contributed by atoms with E-state index in [2.05, 4.69) is 0 Å². The lowest BCUT2D eigenvalue weighted by Gasteiger charge is -2.21. The van der Waals surface area contributed by atoms with E-state index in [0.29, 0.717) is 18.5 Å². The smallest absolute Gasteiger partial charge is 0.308 e. The van der Waals surface area contributed by atoms with Crippen molar-refractivity contribution in [2.45, 2.75) is 25.9 Å². The van der Waals surface area contributed by atoms with Gasteiger partial charge in [0.15, 0.2) is 0 Å². The minimum absolute atomic E-state index is 0.307. The van der Waals surface area contributed by atoms with Crippen molar-refractivity contribution in [2.24, 2.45) is 0 Å². The van der Waals surface area contributed by atoms with E-state index in [9.17, 15) is 4.79 Å². The number of ether oxygens (including phenoxy) is 3. The second-order valence-corrected chi connectivity index (χ2v) is 4.71. The first-order valence-electron chi connectivity index (χ1n) is 6.88. The number of esters is 1. The van der Waals surface area contributed by atoms with Crippen LogP contribution in [0.3, 0.4) is 0 Å². The van der Waals surface area contributed by atoms with Crippen LogP contribution in [0.25, 0.3) is 6.08 Å². The molecular formula is C16H20O4. The third-order valence-corrected chi connectivity index (χ3v) is 3.05. The largest absolute Gasteiger partial charge is 0.427 e. The van der Waals surface area contributed by atoms with Crippen LogP contribution in [0.2, 0.25) is 0 Å². The summed E-state index contributed by atoms with van der Waals surface area (Å²) in [7, 11) is 0. The van der Waals surface area contributed by atoms with Crippen molar-refractivity contribution in [3.05, 3.63) is 35.9 Å². The quantitative estimate of drug-likeness (QED) is 0.613. The van der Waals surface area contributed by atoms with Crippen molar-refractivity contribution in [1.29, 1.82) is 0 Å². The van der Waals surface area contributed by atoms with Gasteiger partial charge in [-0.3, -0.25) is 4.79 Å². The number of hydrogen-bond acceptors (Lipinski definition) is 4. The maximum Gasteiger partial charge on any atom is 0.308 e. The van der Waals surface area contributed by atoms with Gasteiger partial charge in [-0.05, 0) is 30.5 Å². The van der Waals surface area contributed by atoms with Gasteiger partial charge >= 0.3 is 5.97 Å². The zero-order valence-corrected chi connectivity index (χ0v) is 11.7. The highest BCUT2D eigenvalue weighted by atomic mass is 16.5. The second-order valence-electron chi connectivity index (χ2n) is 4.71. The molecule has 0 atom stereocenters. The highest BCUT2D eigenvalue weighted by molar-refractivity contribution is 5.69. The molecule has 1 saturated heterocycles. The number of carbonyl (C=O) groups excluding carboxylic acids is 1. The van der Waals surface area contributed by atoms with E-state index in [1.54, 1.807) is 12.1 Å². The maximum atomic E-state index is 10.8. The van der Waals surface area contributed by atoms with Crippen LogP contribution < -0.4 is 4.74 Å². The van der Waals surface area contributed by atoms with Crippen LogP contribution >= 0.6 is 0 Å². The summed E-state index contributed by atoms with van der Waals surface area (Å²) >= 11 is 0. The molecule has 0 saturated carbocycles. The lowest BCUT2D eigenvalue weighted by molar-refractivity contribution is -0.131. The van der Waals surface area contributed by atoms with Crippen LogP contribution in [0, 0.1) is 0 Å². The van der Waals surface area contributed by atoms with Gasteiger partial charge < -0.3 is 14.2 Å². The summed E-state index contributed by atoms with van der Waals surface area (Å²) in [6.07, 6.45) is 6.27. The fraction of sp³-hybridized carbons (Fsp3) is 0.438. The molecule has 2 rings (SSSR count). The van der Waals surface area contributed by atoms with Gasteiger partial charge in [0, 0.05) is 20.1 Å². The van der Waals surface area contributed by atoms with E-state index in [1.807, 2.05) is 24.3 Å². The zero-order chi connectivity index (χ0) is 14.2. The fourth-order valence-corrected chi connectivity index (χ4v) is 2.03. The standard InChI is InChI=1S/C16H20O4/c1-13(17)20-16-6-4-14(5-7-16)3-2-10-19-15-8-11-18-12-9-15/h2-7,15H,8-12H2,1H3/b3-2+. The van der Waals surface area contributed by atoms with Gasteiger partial charge in [-0.2, -0.15) is 0 Å². The predicted molar refractivity (Wildman–Crippen MR) is 76.6 cm³/mol. The molecule has 0 aliphatic carbocycles. The molecule has 4 nitrogen and oxygen atoms in total. The van der Waals surface area contributed by atoms with Crippen LogP contribution in [0.4, 0.5) is 0 Å². The molecule has 1 aliphatic heterocycles. The Hall–Kier alpha value is -1.65. The molecule has 0 N–H and O–H groups in total. The van der Waals surface area contributed by atoms with E-state index >= 15 is 0 Å². The van der Waals surface area contributed by atoms with Gasteiger partial charge in [0.05, 0.1) is 12.7 Å². The molecule has 0 amide bonds. The Balaban J connectivity index is 1.74. The molecule has 0 bridgehead atoms. The number of rotatable bonds is 5. The lowest BCUT2D eigenvalue weighted by Crippen LogP contribution is -2.23. The van der Waals surface area contributed by atoms with Crippen LogP contribution in [0.5, 0.6) is 5.75 Å². The number of benzene rings is 1. The van der Waals surface area contributed by atoms with Gasteiger partial charge in [0.25, 0.3) is 0 Å². The molecule has 1 heterocycles. The molecule has 1 fully saturated rings. The molecule has 0 unspecified atom stereocenters. The monoisotopic (exact) mass is 276 g/mol. The summed E-state index contributed by atoms with van der Waals surface area (Å²) in [4.78, 5) is 10.8. The van der Waals surface area contributed by atoms with Gasteiger partial charge in [0.2, 0.25) is 0 Å². The molecule has 1 aliphatic rings. The van der Waals surface area contributed by atoms with E-state index in [1.165, 1.54) is 6.92 Å². The second kappa shape index (κ2) is 7.82. The Bertz CT molecular complexity index is 444. The van der Waals surface area contributed by atoms with Crippen molar-refractivity contribution in [1.82, 2.24) is 0 Å². The Morgan fingerprint density at radius 3 is 2.65 bits per heavy atom. The Labute approximate surface area is 119 Å². The van der Waals surface area contributed by atoms with Gasteiger partial charge in [-0.25, -0.2) is 0 Å². The number of hydrogen-bond donors (Lipinski definition) is 0. The first kappa shape index (κ1) is 14.8. The van der Waals surface area contributed by atoms with Gasteiger partial charge in [-0.15, -0.1) is 0 Å². The van der Waals surface area contributed by atoms with Crippen LogP contribution in [-0.4, -0.2) is 31.9 Å². The average Bonchev–Trinajstić information content (AvgIpc) is 2.46. The molecule has 4 heteroatoms. The molecule has 0 aromatic heterocycles. The number of carbonyl (C=O) groups is 1. The minimum atomic E-state index is -0.307. The molecular weight excluding hydrogens is 256 g/mol. The molecule has 108 valence electrons. The highest BCUT2D eigenvalue weighted by Crippen LogP contribution is 2.14. The van der Waals surface area contributed by atoms with Crippen molar-refractivity contribution in [2.75, 3.05) is 19.8 Å². The summed E-state index contributed by atoms with van der Waals surface area (Å²) < 4.78 is 16.0. The third kappa shape index (κ3) is 5.15. The molecule has 0 radical (unpaired) electrons. The molecule has 0 spiro atoms. The summed E-state index contributed by atoms with van der Waals surface area (Å²) in [5.74, 6) is 0.256. The van der Waals surface area contributed by atoms with E-state index in [4.69, 9.17) is 14.2 Å². The SMILES string of the molecule is CC(=O)Oc1ccc(/C=C/COC2CCOCC2)cc1. The third-order valence-electron chi connectivity index (χ3n) is 3.05. The van der Waals surface area contributed by atoms with Crippen molar-refractivity contribution in [3.63, 3.8) is 0 Å². The van der Waals surface area contributed by atoms with Crippen LogP contribution in [0.15, 0.2) is 30.3 Å². The Kier molecular flexibility index (Phi) is 5.77. The van der Waals surface area contributed by atoms with Crippen molar-refractivity contribution < 1.29 is 19.0 Å². The predicted octanol–water partition coefficient (Wildman–Crippen LogP) is 2.82. The zero-order valence-electron chi connectivity index (χ0n) is 11.7. The van der Waals surface area contributed by atoms with Gasteiger partial charge in [0.1, 0.15) is 5.75 Å². The maximum absolute atomic E-state index is 10.8. The van der Waals surface area contributed by atoms with E-state index < -0.39 is 0 Å². The molecule has 1 aromatic carbocycles. The Morgan fingerprint density at radius 2 is 2.00 bits per heavy atom. The topological polar surface area (TPSA) is 44.8 Å². The fourth-order valence-electron chi connectivity index (χ4n) is 2.03. The van der Waals surface area contributed by atoms with Crippen molar-refractivity contribution >= 4 is 12.0 Å². The van der Waals surface area contributed by atoms with Crippen LogP contribution in [0.1, 0.15) is 25.3 Å². The van der Waals surface area contributed by atoms with E-state index in [-0.39, 0.29) is 5.97 Å². The highest BCUT2D eigenvalue weighted by Gasteiger charge is 2.12. The lowest BCUT2D eigenvalue weighted by atomic mass is 10.1. The summed E-state index contributed by atoms with van der Waals surface area (Å²) in [5, 5.41) is 0. The average molecular weight is 276 g/mol. The van der Waals surface area contributed by atoms with E-state index in [0.717, 1.165) is 31.6 Å². The summed E-state index contributed by atoms with van der Waals surface area (Å²) in [5.41, 5.74) is 1.05. The summed E-state index contributed by atoms with van der Waals surface area (Å²) in [6, 6.07) is 7.37. The van der Waals surface area contributed by atoms with Crippen LogP contribution in [-0.2, 0) is 14.3 Å². The molecule has 20 heavy (non-hydrogen) atoms. The minimum Gasteiger partial charge on any atom is -0.427 e. The summed E-state index contributed by atoms with van der Waals surface area (Å²) in [6.45, 7) is 3.59. The molecule has 1 aromatic rings. The van der Waals surface area contributed by atoms with Crippen molar-refractivity contribution in [3.8, 4) is 5.75 Å². The normalized spacial score (nSPS) is 16.4. The Morgan fingerprint density at radius 1 is 1.30 bits per heavy atom. The first-order chi connectivity index (χ1) is 9.74. The van der Waals surface area contributed by atoms with Gasteiger partial charge in [-0.1, -0.05) is 24.3 Å². The first-order valence-corrected chi connectivity index (χ1v) is 6.88.